The van der Waals surface area contributed by atoms with E-state index in [1.54, 1.807) is 0 Å². The molecule has 0 aromatic heterocycles. The van der Waals surface area contributed by atoms with E-state index >= 15 is 0 Å². The lowest BCUT2D eigenvalue weighted by atomic mass is 10.1. The van der Waals surface area contributed by atoms with E-state index < -0.39 is 91.5 Å². The molecule has 0 aromatic carbocycles. The van der Waals surface area contributed by atoms with Crippen molar-refractivity contribution in [3.63, 3.8) is 0 Å². The van der Waals surface area contributed by atoms with Crippen LogP contribution in [0.4, 0.5) is 0 Å². The van der Waals surface area contributed by atoms with Crippen LogP contribution in [0.3, 0.4) is 0 Å². The summed E-state index contributed by atoms with van der Waals surface area (Å²) in [7, 11) is -9.79. The van der Waals surface area contributed by atoms with Crippen molar-refractivity contribution in [2.75, 3.05) is 39.6 Å². The molecule has 89 heavy (non-hydrogen) atoms. The molecule has 0 fully saturated rings. The first-order valence-corrected chi connectivity index (χ1v) is 36.8. The summed E-state index contributed by atoms with van der Waals surface area (Å²) in [4.78, 5) is 58.2. The van der Waals surface area contributed by atoms with Gasteiger partial charge in [-0.1, -0.05) is 251 Å². The van der Waals surface area contributed by atoms with Gasteiger partial charge in [-0.25, -0.2) is 9.13 Å². The van der Waals surface area contributed by atoms with Gasteiger partial charge in [0.15, 0.2) is 6.10 Å². The molecule has 0 bridgehead atoms. The molecule has 5 unspecified atom stereocenters. The van der Waals surface area contributed by atoms with Crippen LogP contribution in [-0.2, 0) is 55.8 Å². The third kappa shape index (κ3) is 65.3. The number of ether oxygens (including phenoxy) is 3. The van der Waals surface area contributed by atoms with Gasteiger partial charge in [-0.3, -0.25) is 32.5 Å². The molecule has 18 heteroatoms. The highest BCUT2D eigenvalue weighted by Crippen LogP contribution is 2.45. The largest absolute Gasteiger partial charge is 0.472 e. The number of phosphoric acid groups is 2. The molecular weight excluding hydrogens is 1170 g/mol. The quantitative estimate of drug-likeness (QED) is 0.0146. The molecule has 16 nitrogen and oxygen atoms in total. The van der Waals surface area contributed by atoms with Crippen LogP contribution in [0.15, 0.2) is 122 Å². The molecule has 0 aliphatic heterocycles. The predicted molar refractivity (Wildman–Crippen MR) is 362 cm³/mol. The van der Waals surface area contributed by atoms with Crippen molar-refractivity contribution in [3.8, 4) is 0 Å². The first kappa shape index (κ1) is 85.0. The molecule has 4 N–H and O–H groups in total. The Bertz CT molecular complexity index is 2110. The maximum absolute atomic E-state index is 12.9. The van der Waals surface area contributed by atoms with Crippen molar-refractivity contribution in [1.82, 2.24) is 0 Å². The van der Waals surface area contributed by atoms with Gasteiger partial charge in [0.25, 0.3) is 0 Å². The number of allylic oxidation sites excluding steroid dienone is 20. The van der Waals surface area contributed by atoms with Crippen molar-refractivity contribution in [2.45, 2.75) is 270 Å². The Kier molecular flexibility index (Phi) is 61.2. The summed E-state index contributed by atoms with van der Waals surface area (Å²) in [5, 5.41) is 20.5. The molecule has 0 heterocycles. The summed E-state index contributed by atoms with van der Waals surface area (Å²) in [6.07, 6.45) is 72.7. The average molecular weight is 1290 g/mol. The molecule has 0 aromatic rings. The first-order chi connectivity index (χ1) is 43.2. The number of aliphatic hydroxyl groups excluding tert-OH is 2. The molecule has 0 spiro atoms. The molecule has 0 radical (unpaired) electrons. The maximum Gasteiger partial charge on any atom is 0.472 e. The minimum absolute atomic E-state index is 0.0915. The molecule has 0 amide bonds. The lowest BCUT2D eigenvalue weighted by Gasteiger charge is -2.21. The van der Waals surface area contributed by atoms with E-state index in [1.807, 2.05) is 12.2 Å². The van der Waals surface area contributed by atoms with Gasteiger partial charge in [0.1, 0.15) is 25.4 Å². The van der Waals surface area contributed by atoms with Gasteiger partial charge in [0, 0.05) is 19.3 Å². The minimum atomic E-state index is -4.93. The van der Waals surface area contributed by atoms with Crippen LogP contribution in [0.1, 0.15) is 252 Å². The zero-order chi connectivity index (χ0) is 65.3. The van der Waals surface area contributed by atoms with Crippen LogP contribution in [0.25, 0.3) is 0 Å². The Morgan fingerprint density at radius 1 is 0.326 bits per heavy atom. The third-order valence-corrected chi connectivity index (χ3v) is 15.6. The van der Waals surface area contributed by atoms with E-state index in [1.165, 1.54) is 64.2 Å². The number of aliphatic hydroxyl groups is 2. The Balaban J connectivity index is 4.56. The van der Waals surface area contributed by atoms with Crippen LogP contribution >= 0.6 is 15.6 Å². The Labute approximate surface area is 538 Å². The van der Waals surface area contributed by atoms with E-state index in [-0.39, 0.29) is 19.3 Å². The average Bonchev–Trinajstić information content (AvgIpc) is 3.52. The van der Waals surface area contributed by atoms with E-state index in [0.717, 1.165) is 122 Å². The summed E-state index contributed by atoms with van der Waals surface area (Å²) < 4.78 is 60.7. The molecule has 0 aliphatic carbocycles. The zero-order valence-electron chi connectivity index (χ0n) is 55.1. The molecule has 5 atom stereocenters. The van der Waals surface area contributed by atoms with Gasteiger partial charge in [0.2, 0.25) is 0 Å². The number of rotatable bonds is 63. The highest BCUT2D eigenvalue weighted by Gasteiger charge is 2.29. The second-order valence-electron chi connectivity index (χ2n) is 22.2. The predicted octanol–water partition coefficient (Wildman–Crippen LogP) is 18.6. The van der Waals surface area contributed by atoms with Gasteiger partial charge < -0.3 is 34.2 Å². The lowest BCUT2D eigenvalue weighted by Crippen LogP contribution is -2.30. The number of carbonyl (C=O) groups is 3. The maximum atomic E-state index is 12.9. The number of esters is 3. The molecule has 0 rings (SSSR count). The summed E-state index contributed by atoms with van der Waals surface area (Å²) in [6, 6.07) is 0. The fraction of sp³-hybridized carbons (Fsp3) is 0.676. The summed E-state index contributed by atoms with van der Waals surface area (Å²) in [6.45, 7) is 2.34. The highest BCUT2D eigenvalue weighted by atomic mass is 31.2. The van der Waals surface area contributed by atoms with Crippen molar-refractivity contribution in [2.24, 2.45) is 0 Å². The standard InChI is InChI=1S/C71H120O16P2/c1-4-7-10-13-16-19-22-24-26-28-29-30-31-32-33-34-35-37-39-40-43-45-48-51-54-57-69(74)81-60-66(72)61-83-88(77,78)84-62-67(73)63-85-89(79,80)86-65-68(87-71(76)59-56-53-50-47-42-21-18-15-12-9-6-3)64-82-70(75)58-55-52-49-46-44-41-38-36-27-25-23-20-17-14-11-8-5-2/h7-8,10-11,16-17,19-20,24-27,29-30,32-33,38,41,46,49,66-68,72-73H,4-6,9,12-15,18,21-23,28,31,34-37,39-40,42-45,47-48,50-65H2,1-3H3,(H,77,78)(H,79,80)/b10-7-,11-8-,19-16-,20-17-,26-24-,27-25-,30-29-,33-32-,41-38-,49-46-. The SMILES string of the molecule is CC/C=C\C/C=C\C/C=C\C/C=C\C/C=C\CCCCCCCCCCCC(=O)OCC(O)COP(=O)(O)OCC(O)COP(=O)(O)OCC(COC(=O)CCC/C=C\C/C=C\C/C=C\C/C=C\C/C=C\CC)OC(=O)CCCCCCCCCCCCC. The van der Waals surface area contributed by atoms with Crippen LogP contribution in [0.5, 0.6) is 0 Å². The smallest absolute Gasteiger partial charge is 0.463 e. The number of hydrogen-bond donors (Lipinski definition) is 4. The summed E-state index contributed by atoms with van der Waals surface area (Å²) in [5.74, 6) is -1.65. The van der Waals surface area contributed by atoms with Crippen LogP contribution in [0, 0.1) is 0 Å². The summed E-state index contributed by atoms with van der Waals surface area (Å²) >= 11 is 0. The van der Waals surface area contributed by atoms with E-state index in [0.29, 0.717) is 25.7 Å². The van der Waals surface area contributed by atoms with Crippen molar-refractivity contribution in [3.05, 3.63) is 122 Å². The van der Waals surface area contributed by atoms with Gasteiger partial charge in [-0.2, -0.15) is 0 Å². The Morgan fingerprint density at radius 2 is 0.607 bits per heavy atom. The second-order valence-corrected chi connectivity index (χ2v) is 25.1. The third-order valence-electron chi connectivity index (χ3n) is 13.7. The first-order valence-electron chi connectivity index (χ1n) is 33.8. The lowest BCUT2D eigenvalue weighted by molar-refractivity contribution is -0.161. The Morgan fingerprint density at radius 3 is 0.989 bits per heavy atom. The number of hydrogen-bond acceptors (Lipinski definition) is 14. The van der Waals surface area contributed by atoms with Crippen LogP contribution < -0.4 is 0 Å². The van der Waals surface area contributed by atoms with E-state index in [4.69, 9.17) is 32.3 Å². The van der Waals surface area contributed by atoms with Crippen molar-refractivity contribution >= 4 is 33.6 Å². The van der Waals surface area contributed by atoms with E-state index in [9.17, 15) is 43.5 Å². The van der Waals surface area contributed by atoms with Gasteiger partial charge >= 0.3 is 33.6 Å². The van der Waals surface area contributed by atoms with Gasteiger partial charge in [0.05, 0.1) is 26.4 Å². The van der Waals surface area contributed by atoms with E-state index in [2.05, 4.69) is 130 Å². The van der Waals surface area contributed by atoms with Crippen molar-refractivity contribution in [1.29, 1.82) is 0 Å². The molecule has 0 saturated carbocycles. The summed E-state index contributed by atoms with van der Waals surface area (Å²) in [5.41, 5.74) is 0. The van der Waals surface area contributed by atoms with Crippen LogP contribution in [0.2, 0.25) is 0 Å². The number of unbranched alkanes of at least 4 members (excludes halogenated alkanes) is 20. The second kappa shape index (κ2) is 64.1. The Hall–Kier alpha value is -4.05. The van der Waals surface area contributed by atoms with Crippen LogP contribution in [-0.4, -0.2) is 95.9 Å². The molecule has 0 aliphatic rings. The molecule has 0 saturated heterocycles. The number of carbonyl (C=O) groups excluding carboxylic acids is 3. The highest BCUT2D eigenvalue weighted by molar-refractivity contribution is 7.47. The van der Waals surface area contributed by atoms with Gasteiger partial charge in [-0.15, -0.1) is 0 Å². The molecule has 510 valence electrons. The fourth-order valence-corrected chi connectivity index (χ4v) is 10.2. The number of phosphoric ester groups is 2. The minimum Gasteiger partial charge on any atom is -0.463 e. The normalized spacial score (nSPS) is 15.0. The fourth-order valence-electron chi connectivity index (χ4n) is 8.57. The monoisotopic (exact) mass is 1290 g/mol. The topological polar surface area (TPSA) is 231 Å². The van der Waals surface area contributed by atoms with Crippen molar-refractivity contribution < 1.29 is 75.8 Å². The van der Waals surface area contributed by atoms with Gasteiger partial charge in [-0.05, 0) is 103 Å². The molecular formula is C71H120O16P2. The zero-order valence-corrected chi connectivity index (χ0v) is 56.8.